The van der Waals surface area contributed by atoms with Crippen LogP contribution >= 0.6 is 0 Å². The fourth-order valence-electron chi connectivity index (χ4n) is 10.7. The molecule has 5 aromatic carbocycles. The van der Waals surface area contributed by atoms with E-state index in [1.165, 1.54) is 64.8 Å². The number of rotatable bonds is 43. The first-order valence-corrected chi connectivity index (χ1v) is 31.2. The number of carbonyl (C=O) groups excluding carboxylic acids is 9. The molecule has 0 bridgehead atoms. The summed E-state index contributed by atoms with van der Waals surface area (Å²) in [4.78, 5) is 125. The zero-order valence-corrected chi connectivity index (χ0v) is 53.3. The second-order valence-corrected chi connectivity index (χ2v) is 22.6. The van der Waals surface area contributed by atoms with Crippen molar-refractivity contribution in [2.24, 2.45) is 34.4 Å². The summed E-state index contributed by atoms with van der Waals surface area (Å²) in [5, 5.41) is 11.5. The highest BCUT2D eigenvalue weighted by Gasteiger charge is 2.30. The third kappa shape index (κ3) is 22.8. The van der Waals surface area contributed by atoms with Crippen LogP contribution < -0.4 is 74.6 Å². The van der Waals surface area contributed by atoms with Crippen LogP contribution in [0.25, 0.3) is 0 Å². The number of Topliss-reactive ketones (excluding diaryl/α,β-unsaturated/α-hetero) is 4. The number of hydrogen-bond donors (Lipinski definition) is 10. The van der Waals surface area contributed by atoms with Gasteiger partial charge in [0.05, 0.1) is 80.9 Å². The lowest BCUT2D eigenvalue weighted by Crippen LogP contribution is -2.49. The predicted octanol–water partition coefficient (Wildman–Crippen LogP) is 4.23. The van der Waals surface area contributed by atoms with Gasteiger partial charge in [0.25, 0.3) is 23.6 Å². The zero-order chi connectivity index (χ0) is 67.1. The molecule has 5 aromatic rings. The molecule has 0 radical (unpaired) electrons. The van der Waals surface area contributed by atoms with Crippen molar-refractivity contribution in [2.75, 3.05) is 54.6 Å². The number of unbranched alkanes of at least 4 members (excludes halogenated alkanes) is 4. The highest BCUT2D eigenvalue weighted by atomic mass is 16.5. The second kappa shape index (κ2) is 38.7. The quantitative estimate of drug-likeness (QED) is 0.0244. The smallest absolute Gasteiger partial charge is 0.255 e. The van der Waals surface area contributed by atoms with Crippen LogP contribution in [-0.2, 0) is 56.1 Å². The molecule has 0 aliphatic carbocycles. The molecule has 0 fully saturated rings. The van der Waals surface area contributed by atoms with Crippen molar-refractivity contribution in [3.05, 3.63) is 153 Å². The van der Waals surface area contributed by atoms with E-state index in [2.05, 4.69) is 21.3 Å². The van der Waals surface area contributed by atoms with E-state index in [9.17, 15) is 43.2 Å². The van der Waals surface area contributed by atoms with E-state index in [-0.39, 0.29) is 114 Å². The standard InChI is InChI=1S/C69H92N10O13/c1-89-61-26-22-44(34-48(61)65(75)84)39-57(80)53(18-8-12-30-70)76-66(85)49-35-45(23-27-62(49)90-2)40-58(81)54(19-9-13-31-71)77-67(86)50-36-46(24-28-63(50)91-3)41-59(82)55(20-10-14-32-72)78-68(87)51-37-47(25-29-64(51)92-4)42-60(83)56(21-11-15-33-73)79-69(88)52(74)38-43-16-6-5-7-17-43/h5-7,16-17,22-29,34-37,52-56H,8-15,18-21,30-33,38-42,70-74H2,1-4H3,(H2,75,84)(H,76,85)(H,77,86)(H,78,87)(H,79,88)/t52-,53-,54-,55-,56-/m0/s1. The molecule has 23 heteroatoms. The largest absolute Gasteiger partial charge is 0.496 e. The molecule has 496 valence electrons. The lowest BCUT2D eigenvalue weighted by Gasteiger charge is -2.21. The van der Waals surface area contributed by atoms with E-state index in [1.807, 2.05) is 30.3 Å². The van der Waals surface area contributed by atoms with Crippen LogP contribution in [0.5, 0.6) is 23.0 Å². The highest BCUT2D eigenvalue weighted by Crippen LogP contribution is 2.27. The van der Waals surface area contributed by atoms with Gasteiger partial charge in [0, 0.05) is 25.7 Å². The molecule has 0 aliphatic rings. The first-order chi connectivity index (χ1) is 44.3. The van der Waals surface area contributed by atoms with Crippen LogP contribution in [0.3, 0.4) is 0 Å². The van der Waals surface area contributed by atoms with Crippen molar-refractivity contribution in [3.63, 3.8) is 0 Å². The number of carbonyl (C=O) groups is 9. The Kier molecular flexibility index (Phi) is 31.1. The number of hydrogen-bond acceptors (Lipinski definition) is 18. The Labute approximate surface area is 538 Å². The molecule has 0 unspecified atom stereocenters. The molecule has 5 rings (SSSR count). The monoisotopic (exact) mass is 1270 g/mol. The molecule has 0 saturated heterocycles. The van der Waals surface area contributed by atoms with Gasteiger partial charge in [-0.15, -0.1) is 0 Å². The van der Waals surface area contributed by atoms with Crippen LogP contribution in [0.15, 0.2) is 103 Å². The molecule has 0 saturated carbocycles. The summed E-state index contributed by atoms with van der Waals surface area (Å²) in [5.41, 5.74) is 38.0. The molecule has 0 heterocycles. The minimum Gasteiger partial charge on any atom is -0.496 e. The number of ketones is 4. The van der Waals surface area contributed by atoms with Gasteiger partial charge < -0.3 is 74.6 Å². The van der Waals surface area contributed by atoms with Gasteiger partial charge in [-0.3, -0.25) is 43.2 Å². The Hall–Kier alpha value is -8.87. The van der Waals surface area contributed by atoms with E-state index < -0.39 is 65.5 Å². The highest BCUT2D eigenvalue weighted by molar-refractivity contribution is 6.04. The number of methoxy groups -OCH3 is 4. The molecule has 0 spiro atoms. The van der Waals surface area contributed by atoms with Gasteiger partial charge in [-0.05, 0) is 186 Å². The number of primary amides is 1. The van der Waals surface area contributed by atoms with Crippen molar-refractivity contribution >= 4 is 52.7 Å². The molecular formula is C69H92N10O13. The van der Waals surface area contributed by atoms with Gasteiger partial charge >= 0.3 is 0 Å². The maximum atomic E-state index is 14.4. The van der Waals surface area contributed by atoms with Crippen molar-refractivity contribution < 1.29 is 62.1 Å². The van der Waals surface area contributed by atoms with Crippen molar-refractivity contribution in [3.8, 4) is 23.0 Å². The van der Waals surface area contributed by atoms with E-state index in [1.54, 1.807) is 36.4 Å². The van der Waals surface area contributed by atoms with Crippen molar-refractivity contribution in [1.29, 1.82) is 0 Å². The maximum Gasteiger partial charge on any atom is 0.255 e. The van der Waals surface area contributed by atoms with E-state index in [0.29, 0.717) is 106 Å². The van der Waals surface area contributed by atoms with E-state index in [0.717, 1.165) is 5.56 Å². The maximum absolute atomic E-state index is 14.4. The SMILES string of the molecule is COc1ccc(CC(=O)[C@H](CCCCN)NC(=O)c2cc(CC(=O)[C@H](CCCCN)NC(=O)c3cc(CC(=O)[C@H](CCCCN)NC(=O)c4cc(CC(=O)[C@H](CCCCN)NC(=O)[C@@H](N)Cc5ccccc5)ccc4OC)ccc3OC)ccc2OC)cc1C(N)=O. The summed E-state index contributed by atoms with van der Waals surface area (Å²) in [7, 11) is 5.55. The van der Waals surface area contributed by atoms with Crippen molar-refractivity contribution in [2.45, 2.75) is 139 Å². The van der Waals surface area contributed by atoms with Gasteiger partial charge in [0.2, 0.25) is 5.91 Å². The number of amides is 5. The summed E-state index contributed by atoms with van der Waals surface area (Å²) in [6.45, 7) is 1.45. The number of benzene rings is 5. The molecular weight excluding hydrogens is 1180 g/mol. The molecule has 0 aliphatic heterocycles. The fraction of sp³-hybridized carbons (Fsp3) is 0.435. The van der Waals surface area contributed by atoms with Gasteiger partial charge in [-0.1, -0.05) is 54.6 Å². The summed E-state index contributed by atoms with van der Waals surface area (Å²) in [6.07, 6.45) is 4.93. The third-order valence-corrected chi connectivity index (χ3v) is 15.8. The first kappa shape index (κ1) is 73.9. The van der Waals surface area contributed by atoms with Crippen LogP contribution in [0, 0.1) is 0 Å². The minimum atomic E-state index is -1.05. The lowest BCUT2D eigenvalue weighted by molar-refractivity contribution is -0.128. The summed E-state index contributed by atoms with van der Waals surface area (Å²) >= 11 is 0. The first-order valence-electron chi connectivity index (χ1n) is 31.2. The van der Waals surface area contributed by atoms with Gasteiger partial charge in [-0.25, -0.2) is 0 Å². The average Bonchev–Trinajstić information content (AvgIpc) is 0.919. The molecule has 5 atom stereocenters. The van der Waals surface area contributed by atoms with Gasteiger partial charge in [0.1, 0.15) is 23.0 Å². The Morgan fingerprint density at radius 1 is 0.370 bits per heavy atom. The Balaban J connectivity index is 1.32. The normalized spacial score (nSPS) is 12.7. The van der Waals surface area contributed by atoms with Crippen LogP contribution in [0.4, 0.5) is 0 Å². The van der Waals surface area contributed by atoms with Gasteiger partial charge in [0.15, 0.2) is 23.1 Å². The van der Waals surface area contributed by atoms with Crippen LogP contribution in [-0.4, -0.2) is 137 Å². The second-order valence-electron chi connectivity index (χ2n) is 22.6. The van der Waals surface area contributed by atoms with Crippen molar-refractivity contribution in [1.82, 2.24) is 21.3 Å². The third-order valence-electron chi connectivity index (χ3n) is 15.8. The Morgan fingerprint density at radius 2 is 0.652 bits per heavy atom. The minimum absolute atomic E-state index is 0.0322. The Bertz CT molecular complexity index is 3310. The predicted molar refractivity (Wildman–Crippen MR) is 351 cm³/mol. The molecule has 0 aromatic heterocycles. The van der Waals surface area contributed by atoms with Crippen LogP contribution in [0.2, 0.25) is 0 Å². The lowest BCUT2D eigenvalue weighted by atomic mass is 9.95. The summed E-state index contributed by atoms with van der Waals surface area (Å²) < 4.78 is 22.0. The Morgan fingerprint density at radius 3 is 0.935 bits per heavy atom. The number of ether oxygens (including phenoxy) is 4. The summed E-state index contributed by atoms with van der Waals surface area (Å²) in [5.74, 6) is -3.80. The molecule has 92 heavy (non-hydrogen) atoms. The average molecular weight is 1270 g/mol. The molecule has 16 N–H and O–H groups in total. The fourth-order valence-corrected chi connectivity index (χ4v) is 10.7. The van der Waals surface area contributed by atoms with Crippen LogP contribution in [0.1, 0.15) is 146 Å². The van der Waals surface area contributed by atoms with E-state index >= 15 is 0 Å². The zero-order valence-electron chi connectivity index (χ0n) is 53.3. The summed E-state index contributed by atoms with van der Waals surface area (Å²) in [6, 6.07) is 23.2. The molecule has 5 amide bonds. The molecule has 23 nitrogen and oxygen atoms in total. The van der Waals surface area contributed by atoms with E-state index in [4.69, 9.17) is 53.3 Å². The number of nitrogens with two attached hydrogens (primary N) is 6. The van der Waals surface area contributed by atoms with Gasteiger partial charge in [-0.2, -0.15) is 0 Å². The number of nitrogens with one attached hydrogen (secondary N) is 4. The topological polar surface area (TPSA) is 395 Å².